The molecule has 1 aliphatic heterocycles. The maximum Gasteiger partial charge on any atom is 0.435 e. The van der Waals surface area contributed by atoms with Crippen LogP contribution in [0.2, 0.25) is 0 Å². The first-order chi connectivity index (χ1) is 14.8. The molecule has 1 aromatic carbocycles. The third kappa shape index (κ3) is 4.20. The van der Waals surface area contributed by atoms with Crippen LogP contribution in [0.5, 0.6) is 0 Å². The number of H-pyrrole nitrogens is 1. The van der Waals surface area contributed by atoms with Crippen LogP contribution in [0.1, 0.15) is 47.2 Å². The maximum atomic E-state index is 13.3. The van der Waals surface area contributed by atoms with Crippen LogP contribution in [0.25, 0.3) is 11.5 Å². The summed E-state index contributed by atoms with van der Waals surface area (Å²) in [5, 5.41) is 4.47. The van der Waals surface area contributed by atoms with Crippen LogP contribution in [0.3, 0.4) is 0 Å². The van der Waals surface area contributed by atoms with E-state index in [9.17, 15) is 18.0 Å². The standard InChI is InChI=1S/C21H22F3N5O2/c1-13-18(21(22,23)24)26-19(25-13)17-15(12-29(27-17)16-10-6-7-11-31-16)28(2)20(30)14-8-4-3-5-9-14/h3-5,8-9,12,16H,6-7,10-11H2,1-2H3,(H,25,26). The molecular formula is C21H22F3N5O2. The number of imidazole rings is 1. The van der Waals surface area contributed by atoms with Crippen LogP contribution in [0.4, 0.5) is 18.9 Å². The molecule has 164 valence electrons. The van der Waals surface area contributed by atoms with Crippen LogP contribution < -0.4 is 4.90 Å². The molecule has 0 bridgehead atoms. The number of carbonyl (C=O) groups is 1. The van der Waals surface area contributed by atoms with Crippen molar-refractivity contribution in [3.05, 3.63) is 53.5 Å². The zero-order chi connectivity index (χ0) is 22.2. The van der Waals surface area contributed by atoms with Gasteiger partial charge in [-0.2, -0.15) is 18.3 Å². The number of alkyl halides is 3. The first-order valence-electron chi connectivity index (χ1n) is 9.93. The van der Waals surface area contributed by atoms with Crippen LogP contribution in [-0.2, 0) is 10.9 Å². The van der Waals surface area contributed by atoms with E-state index in [1.165, 1.54) is 11.8 Å². The number of nitrogens with one attached hydrogen (secondary N) is 1. The van der Waals surface area contributed by atoms with E-state index in [0.29, 0.717) is 17.9 Å². The van der Waals surface area contributed by atoms with Gasteiger partial charge in [0.05, 0.1) is 11.9 Å². The van der Waals surface area contributed by atoms with Crippen LogP contribution in [0, 0.1) is 6.92 Å². The van der Waals surface area contributed by atoms with E-state index in [0.717, 1.165) is 19.3 Å². The highest BCUT2D eigenvalue weighted by Gasteiger charge is 2.37. The van der Waals surface area contributed by atoms with Crippen molar-refractivity contribution in [2.75, 3.05) is 18.6 Å². The van der Waals surface area contributed by atoms with Gasteiger partial charge in [0.15, 0.2) is 17.2 Å². The Morgan fingerprint density at radius 2 is 2.00 bits per heavy atom. The van der Waals surface area contributed by atoms with Gasteiger partial charge in [0.1, 0.15) is 6.23 Å². The molecule has 0 aliphatic carbocycles. The smallest absolute Gasteiger partial charge is 0.357 e. The van der Waals surface area contributed by atoms with E-state index in [2.05, 4.69) is 15.1 Å². The van der Waals surface area contributed by atoms with Crippen molar-refractivity contribution in [1.29, 1.82) is 0 Å². The van der Waals surface area contributed by atoms with Gasteiger partial charge >= 0.3 is 6.18 Å². The number of aromatic amines is 1. The lowest BCUT2D eigenvalue weighted by Gasteiger charge is -2.22. The fraction of sp³-hybridized carbons (Fsp3) is 0.381. The molecule has 4 rings (SSSR count). The fourth-order valence-corrected chi connectivity index (χ4v) is 3.61. The predicted octanol–water partition coefficient (Wildman–Crippen LogP) is 4.58. The third-order valence-electron chi connectivity index (χ3n) is 5.23. The Labute approximate surface area is 176 Å². The topological polar surface area (TPSA) is 76.0 Å². The molecule has 7 nitrogen and oxygen atoms in total. The third-order valence-corrected chi connectivity index (χ3v) is 5.23. The number of ether oxygens (including phenoxy) is 1. The molecule has 1 N–H and O–H groups in total. The van der Waals surface area contributed by atoms with Crippen LogP contribution in [-0.4, -0.2) is 39.3 Å². The monoisotopic (exact) mass is 433 g/mol. The van der Waals surface area contributed by atoms with Crippen molar-refractivity contribution in [1.82, 2.24) is 19.7 Å². The van der Waals surface area contributed by atoms with Gasteiger partial charge in [-0.1, -0.05) is 18.2 Å². The van der Waals surface area contributed by atoms with E-state index in [4.69, 9.17) is 4.74 Å². The molecule has 10 heteroatoms. The first-order valence-corrected chi connectivity index (χ1v) is 9.93. The van der Waals surface area contributed by atoms with E-state index in [1.54, 1.807) is 48.3 Å². The van der Waals surface area contributed by atoms with Crippen molar-refractivity contribution in [3.8, 4) is 11.5 Å². The Morgan fingerprint density at radius 3 is 2.61 bits per heavy atom. The van der Waals surface area contributed by atoms with Gasteiger partial charge in [-0.05, 0) is 38.3 Å². The summed E-state index contributed by atoms with van der Waals surface area (Å²) in [6.07, 6.45) is -0.707. The molecule has 1 amide bonds. The second-order valence-electron chi connectivity index (χ2n) is 7.45. The highest BCUT2D eigenvalue weighted by molar-refractivity contribution is 6.07. The van der Waals surface area contributed by atoms with Crippen molar-refractivity contribution in [3.63, 3.8) is 0 Å². The maximum absolute atomic E-state index is 13.3. The number of aryl methyl sites for hydroxylation is 1. The molecule has 1 unspecified atom stereocenters. The number of anilines is 1. The van der Waals surface area contributed by atoms with E-state index in [-0.39, 0.29) is 29.3 Å². The molecule has 2 aromatic heterocycles. The molecule has 1 atom stereocenters. The average molecular weight is 433 g/mol. The Hall–Kier alpha value is -3.14. The van der Waals surface area contributed by atoms with Gasteiger partial charge in [0, 0.05) is 24.9 Å². The lowest BCUT2D eigenvalue weighted by Crippen LogP contribution is -2.26. The van der Waals surface area contributed by atoms with Gasteiger partial charge in [-0.25, -0.2) is 9.67 Å². The second-order valence-corrected chi connectivity index (χ2v) is 7.45. The summed E-state index contributed by atoms with van der Waals surface area (Å²) in [6, 6.07) is 8.63. The van der Waals surface area contributed by atoms with E-state index >= 15 is 0 Å². The van der Waals surface area contributed by atoms with Crippen molar-refractivity contribution >= 4 is 11.6 Å². The molecule has 31 heavy (non-hydrogen) atoms. The van der Waals surface area contributed by atoms with Gasteiger partial charge < -0.3 is 14.6 Å². The molecule has 0 radical (unpaired) electrons. The number of rotatable bonds is 4. The Bertz CT molecular complexity index is 1070. The molecule has 1 aliphatic rings. The minimum absolute atomic E-state index is 0.0536. The van der Waals surface area contributed by atoms with Gasteiger partial charge in [-0.15, -0.1) is 0 Å². The minimum Gasteiger partial charge on any atom is -0.357 e. The SMILES string of the molecule is Cc1[nH]c(-c2nn(C3CCCCO3)cc2N(C)C(=O)c2ccccc2)nc1C(F)(F)F. The van der Waals surface area contributed by atoms with Crippen molar-refractivity contribution in [2.45, 2.75) is 38.6 Å². The first kappa shape index (κ1) is 21.1. The highest BCUT2D eigenvalue weighted by Crippen LogP contribution is 2.36. The summed E-state index contributed by atoms with van der Waals surface area (Å²) in [5.41, 5.74) is -0.183. The summed E-state index contributed by atoms with van der Waals surface area (Å²) in [7, 11) is 1.56. The summed E-state index contributed by atoms with van der Waals surface area (Å²) < 4.78 is 47.2. The molecule has 3 aromatic rings. The number of carbonyl (C=O) groups excluding carboxylic acids is 1. The Balaban J connectivity index is 1.78. The summed E-state index contributed by atoms with van der Waals surface area (Å²) in [4.78, 5) is 20.8. The number of nitrogens with zero attached hydrogens (tertiary/aromatic N) is 4. The fourth-order valence-electron chi connectivity index (χ4n) is 3.61. The number of amides is 1. The van der Waals surface area contributed by atoms with E-state index < -0.39 is 11.9 Å². The minimum atomic E-state index is -4.60. The molecule has 0 saturated carbocycles. The number of aromatic nitrogens is 4. The molecule has 3 heterocycles. The lowest BCUT2D eigenvalue weighted by atomic mass is 10.2. The number of hydrogen-bond donors (Lipinski definition) is 1. The quantitative estimate of drug-likeness (QED) is 0.654. The van der Waals surface area contributed by atoms with Gasteiger partial charge in [-0.3, -0.25) is 4.79 Å². The summed E-state index contributed by atoms with van der Waals surface area (Å²) in [5.74, 6) is -0.368. The molecule has 0 spiro atoms. The highest BCUT2D eigenvalue weighted by atomic mass is 19.4. The zero-order valence-electron chi connectivity index (χ0n) is 17.1. The number of benzene rings is 1. The van der Waals surface area contributed by atoms with Crippen molar-refractivity contribution in [2.24, 2.45) is 0 Å². The molecule has 1 saturated heterocycles. The summed E-state index contributed by atoms with van der Waals surface area (Å²) >= 11 is 0. The predicted molar refractivity (Wildman–Crippen MR) is 108 cm³/mol. The zero-order valence-corrected chi connectivity index (χ0v) is 17.1. The number of hydrogen-bond acceptors (Lipinski definition) is 4. The lowest BCUT2D eigenvalue weighted by molar-refractivity contribution is -0.141. The molecular weight excluding hydrogens is 411 g/mol. The van der Waals surface area contributed by atoms with Crippen LogP contribution in [0.15, 0.2) is 36.5 Å². The molecule has 1 fully saturated rings. The van der Waals surface area contributed by atoms with E-state index in [1.807, 2.05) is 0 Å². The van der Waals surface area contributed by atoms with Gasteiger partial charge in [0.2, 0.25) is 0 Å². The van der Waals surface area contributed by atoms with Gasteiger partial charge in [0.25, 0.3) is 5.91 Å². The largest absolute Gasteiger partial charge is 0.435 e. The average Bonchev–Trinajstić information content (AvgIpc) is 3.38. The van der Waals surface area contributed by atoms with Crippen molar-refractivity contribution < 1.29 is 22.7 Å². The second kappa shape index (κ2) is 8.18. The summed E-state index contributed by atoms with van der Waals surface area (Å²) in [6.45, 7) is 1.88. The Kier molecular flexibility index (Phi) is 5.57. The Morgan fingerprint density at radius 1 is 1.26 bits per heavy atom. The van der Waals surface area contributed by atoms with Crippen LogP contribution >= 0.6 is 0 Å². The number of halogens is 3. The normalized spacial score (nSPS) is 17.0.